The molecule has 204 valence electrons. The molecule has 1 aliphatic heterocycles. The van der Waals surface area contributed by atoms with Crippen LogP contribution >= 0.6 is 11.6 Å². The minimum Gasteiger partial charge on any atom is -0.490 e. The van der Waals surface area contributed by atoms with E-state index in [1.165, 1.54) is 6.20 Å². The molecule has 0 bridgehead atoms. The lowest BCUT2D eigenvalue weighted by Gasteiger charge is -2.29. The van der Waals surface area contributed by atoms with Gasteiger partial charge in [-0.2, -0.15) is 0 Å². The van der Waals surface area contributed by atoms with Crippen LogP contribution in [-0.2, 0) is 6.42 Å². The summed E-state index contributed by atoms with van der Waals surface area (Å²) in [4.78, 5) is 27.8. The van der Waals surface area contributed by atoms with E-state index < -0.39 is 5.82 Å². The summed E-state index contributed by atoms with van der Waals surface area (Å²) in [5.74, 6) is 0.500. The van der Waals surface area contributed by atoms with Gasteiger partial charge in [0, 0.05) is 49.2 Å². The van der Waals surface area contributed by atoms with Crippen LogP contribution in [0.15, 0.2) is 36.8 Å². The molecular formula is C28H30ClFN6O3. The van der Waals surface area contributed by atoms with E-state index in [0.717, 1.165) is 5.69 Å². The number of amides is 1. The molecule has 9 nitrogen and oxygen atoms in total. The molecule has 0 radical (unpaired) electrons. The summed E-state index contributed by atoms with van der Waals surface area (Å²) in [6.45, 7) is 6.50. The molecule has 1 amide bonds. The molecule has 0 unspecified atom stereocenters. The first kappa shape index (κ1) is 26.8. The number of nitrogen functional groups attached to an aromatic ring is 1. The van der Waals surface area contributed by atoms with Gasteiger partial charge in [0.15, 0.2) is 5.82 Å². The third kappa shape index (κ3) is 5.26. The Hall–Kier alpha value is -3.76. The van der Waals surface area contributed by atoms with Crippen LogP contribution in [0.2, 0.25) is 5.02 Å². The molecule has 3 aromatic heterocycles. The average molecular weight is 553 g/mol. The second-order valence-corrected chi connectivity index (χ2v) is 10.4. The molecule has 0 saturated carbocycles. The zero-order chi connectivity index (χ0) is 27.8. The van der Waals surface area contributed by atoms with Crippen LogP contribution in [0.25, 0.3) is 16.6 Å². The number of aromatic nitrogens is 4. The van der Waals surface area contributed by atoms with E-state index in [-0.39, 0.29) is 34.4 Å². The summed E-state index contributed by atoms with van der Waals surface area (Å²) in [7, 11) is 0. The number of anilines is 1. The maximum atomic E-state index is 15.6. The molecule has 11 heteroatoms. The smallest absolute Gasteiger partial charge is 0.272 e. The van der Waals surface area contributed by atoms with E-state index in [2.05, 4.69) is 15.0 Å². The number of fused-ring (bicyclic) bond motifs is 1. The number of aliphatic hydroxyl groups is 1. The lowest BCUT2D eigenvalue weighted by atomic mass is 9.99. The second kappa shape index (κ2) is 10.8. The van der Waals surface area contributed by atoms with Gasteiger partial charge in [-0.15, -0.1) is 0 Å². The fourth-order valence-corrected chi connectivity index (χ4v) is 5.16. The number of pyridine rings is 1. The normalized spacial score (nSPS) is 14.4. The van der Waals surface area contributed by atoms with Gasteiger partial charge in [-0.05, 0) is 45.7 Å². The number of likely N-dealkylation sites (tertiary alicyclic amines) is 1. The largest absolute Gasteiger partial charge is 0.490 e. The van der Waals surface area contributed by atoms with E-state index in [9.17, 15) is 9.90 Å². The molecule has 4 heterocycles. The van der Waals surface area contributed by atoms with E-state index in [1.807, 2.05) is 25.2 Å². The number of hydrogen-bond acceptors (Lipinski definition) is 7. The Labute approximate surface area is 230 Å². The Balaban J connectivity index is 1.55. The summed E-state index contributed by atoms with van der Waals surface area (Å²) >= 11 is 6.40. The minimum atomic E-state index is -0.639. The fraction of sp³-hybridized carbons (Fsp3) is 0.357. The highest BCUT2D eigenvalue weighted by atomic mass is 35.5. The van der Waals surface area contributed by atoms with E-state index in [0.29, 0.717) is 66.4 Å². The molecule has 0 aliphatic carbocycles. The third-order valence-electron chi connectivity index (χ3n) is 6.80. The van der Waals surface area contributed by atoms with Gasteiger partial charge >= 0.3 is 0 Å². The Morgan fingerprint density at radius 3 is 2.69 bits per heavy atom. The van der Waals surface area contributed by atoms with Crippen LogP contribution in [0.5, 0.6) is 5.75 Å². The molecule has 1 aromatic carbocycles. The molecule has 0 atom stereocenters. The highest BCUT2D eigenvalue weighted by Gasteiger charge is 2.26. The number of aliphatic hydroxyl groups excluding tert-OH is 1. The molecule has 1 fully saturated rings. The number of carbonyl (C=O) groups excluding carboxylic acids is 1. The van der Waals surface area contributed by atoms with Gasteiger partial charge in [0.25, 0.3) is 5.91 Å². The van der Waals surface area contributed by atoms with Crippen molar-refractivity contribution in [1.29, 1.82) is 0 Å². The number of nitrogens with two attached hydrogens (primary N) is 1. The maximum absolute atomic E-state index is 15.6. The molecule has 39 heavy (non-hydrogen) atoms. The van der Waals surface area contributed by atoms with Crippen LogP contribution in [0, 0.1) is 12.7 Å². The number of halogens is 2. The highest BCUT2D eigenvalue weighted by molar-refractivity contribution is 6.31. The lowest BCUT2D eigenvalue weighted by molar-refractivity contribution is 0.0541. The predicted molar refractivity (Wildman–Crippen MR) is 146 cm³/mol. The second-order valence-electron chi connectivity index (χ2n) is 9.98. The summed E-state index contributed by atoms with van der Waals surface area (Å²) in [6, 6.07) is 4.77. The van der Waals surface area contributed by atoms with Crippen LogP contribution in [0.1, 0.15) is 54.3 Å². The van der Waals surface area contributed by atoms with E-state index in [1.54, 1.807) is 35.5 Å². The van der Waals surface area contributed by atoms with Gasteiger partial charge < -0.3 is 20.5 Å². The maximum Gasteiger partial charge on any atom is 0.272 e. The average Bonchev–Trinajstić information content (AvgIpc) is 3.23. The monoisotopic (exact) mass is 552 g/mol. The summed E-state index contributed by atoms with van der Waals surface area (Å²) in [6.07, 6.45) is 5.54. The molecule has 3 N–H and O–H groups in total. The van der Waals surface area contributed by atoms with Crippen molar-refractivity contribution >= 4 is 28.8 Å². The van der Waals surface area contributed by atoms with Crippen molar-refractivity contribution < 1.29 is 19.0 Å². The van der Waals surface area contributed by atoms with E-state index in [4.69, 9.17) is 22.1 Å². The molecule has 0 spiro atoms. The quantitative estimate of drug-likeness (QED) is 0.363. The van der Waals surface area contributed by atoms with Crippen molar-refractivity contribution in [3.05, 3.63) is 70.4 Å². The number of rotatable bonds is 6. The number of hydrogen-bond donors (Lipinski definition) is 2. The van der Waals surface area contributed by atoms with Crippen molar-refractivity contribution in [2.45, 2.75) is 52.2 Å². The minimum absolute atomic E-state index is 0.0677. The first-order valence-corrected chi connectivity index (χ1v) is 13.2. The number of aryl methyl sites for hydroxylation is 1. The van der Waals surface area contributed by atoms with Crippen LogP contribution < -0.4 is 10.5 Å². The molecule has 4 aromatic rings. The van der Waals surface area contributed by atoms with Crippen molar-refractivity contribution in [3.8, 4) is 16.9 Å². The first-order chi connectivity index (χ1) is 18.6. The van der Waals surface area contributed by atoms with Gasteiger partial charge in [-0.3, -0.25) is 14.2 Å². The van der Waals surface area contributed by atoms with Crippen LogP contribution in [0.3, 0.4) is 0 Å². The van der Waals surface area contributed by atoms with Gasteiger partial charge in [-0.25, -0.2) is 14.4 Å². The van der Waals surface area contributed by atoms with Gasteiger partial charge in [0.1, 0.15) is 28.6 Å². The predicted octanol–water partition coefficient (Wildman–Crippen LogP) is 4.45. The summed E-state index contributed by atoms with van der Waals surface area (Å²) in [5, 5.41) is 9.67. The standard InChI is InChI=1S/C28H30ClFN6O3/c1-15(2)39-26-18(13-22-34-16(3)25-27(31)32-8-11-36(22)25)12-20(29)24(30)23(26)17-4-5-21(33-14-17)28(38)35-9-6-19(37)7-10-35/h4-5,8,11-12,14-15,19,37H,6-7,9-10,13H2,1-3H3,(H2,31,32). The first-order valence-electron chi connectivity index (χ1n) is 12.8. The third-order valence-corrected chi connectivity index (χ3v) is 7.08. The van der Waals surface area contributed by atoms with Crippen molar-refractivity contribution in [3.63, 3.8) is 0 Å². The van der Waals surface area contributed by atoms with E-state index >= 15 is 4.39 Å². The Morgan fingerprint density at radius 2 is 2.03 bits per heavy atom. The Bertz CT molecular complexity index is 1530. The topological polar surface area (TPSA) is 119 Å². The fourth-order valence-electron chi connectivity index (χ4n) is 4.93. The van der Waals surface area contributed by atoms with Gasteiger partial charge in [0.2, 0.25) is 0 Å². The molecule has 1 aliphatic rings. The number of imidazole rings is 1. The van der Waals surface area contributed by atoms with Crippen molar-refractivity contribution in [2.75, 3.05) is 18.8 Å². The SMILES string of the molecule is Cc1nc(Cc2cc(Cl)c(F)c(-c3ccc(C(=O)N4CCC(O)CC4)nc3)c2OC(C)C)n2ccnc(N)c12. The molecule has 5 rings (SSSR count). The number of nitrogens with zero attached hydrogens (tertiary/aromatic N) is 5. The molecular weight excluding hydrogens is 523 g/mol. The summed E-state index contributed by atoms with van der Waals surface area (Å²) < 4.78 is 23.7. The van der Waals surface area contributed by atoms with Gasteiger partial charge in [0.05, 0.1) is 28.5 Å². The van der Waals surface area contributed by atoms with Gasteiger partial charge in [-0.1, -0.05) is 17.7 Å². The number of piperidine rings is 1. The number of benzene rings is 1. The molecule has 1 saturated heterocycles. The number of carbonyl (C=O) groups is 1. The zero-order valence-corrected chi connectivity index (χ0v) is 22.7. The Kier molecular flexibility index (Phi) is 7.42. The number of ether oxygens (including phenoxy) is 1. The summed E-state index contributed by atoms with van der Waals surface area (Å²) in [5.41, 5.74) is 8.99. The van der Waals surface area contributed by atoms with Crippen LogP contribution in [-0.4, -0.2) is 60.6 Å². The lowest BCUT2D eigenvalue weighted by Crippen LogP contribution is -2.40. The Morgan fingerprint density at radius 1 is 1.28 bits per heavy atom. The van der Waals surface area contributed by atoms with Crippen molar-refractivity contribution in [2.24, 2.45) is 0 Å². The van der Waals surface area contributed by atoms with Crippen LogP contribution in [0.4, 0.5) is 10.2 Å². The van der Waals surface area contributed by atoms with Crippen molar-refractivity contribution in [1.82, 2.24) is 24.3 Å². The zero-order valence-electron chi connectivity index (χ0n) is 22.0. The highest BCUT2D eigenvalue weighted by Crippen LogP contribution is 2.41.